The molecule has 2 aromatic rings. The zero-order valence-corrected chi connectivity index (χ0v) is 17.7. The van der Waals surface area contributed by atoms with Crippen LogP contribution in [0.5, 0.6) is 0 Å². The summed E-state index contributed by atoms with van der Waals surface area (Å²) in [4.78, 5) is 36.8. The molecule has 32 heavy (non-hydrogen) atoms. The summed E-state index contributed by atoms with van der Waals surface area (Å²) < 4.78 is 10.7. The van der Waals surface area contributed by atoms with E-state index in [4.69, 9.17) is 14.6 Å². The number of ether oxygens (including phenoxy) is 2. The quantitative estimate of drug-likeness (QED) is 0.614. The van der Waals surface area contributed by atoms with Gasteiger partial charge >= 0.3 is 12.1 Å². The maximum atomic E-state index is 12.1. The molecule has 2 aliphatic rings. The summed E-state index contributed by atoms with van der Waals surface area (Å²) in [6, 6.07) is 15.5. The van der Waals surface area contributed by atoms with E-state index < -0.39 is 18.1 Å². The van der Waals surface area contributed by atoms with Gasteiger partial charge in [-0.15, -0.1) is 0 Å². The first-order chi connectivity index (χ1) is 15.6. The highest BCUT2D eigenvalue weighted by Gasteiger charge is 2.33. The topological polar surface area (TPSA) is 105 Å². The molecular weight excluding hydrogens is 412 g/mol. The van der Waals surface area contributed by atoms with Gasteiger partial charge in [0.1, 0.15) is 19.3 Å². The van der Waals surface area contributed by atoms with E-state index in [-0.39, 0.29) is 38.2 Å². The Morgan fingerprint density at radius 3 is 2.34 bits per heavy atom. The Morgan fingerprint density at radius 1 is 1.03 bits per heavy atom. The molecule has 1 heterocycles. The van der Waals surface area contributed by atoms with E-state index in [2.05, 4.69) is 29.6 Å². The van der Waals surface area contributed by atoms with Crippen LogP contribution in [-0.2, 0) is 19.1 Å². The van der Waals surface area contributed by atoms with Crippen molar-refractivity contribution in [2.24, 2.45) is 0 Å². The molecule has 0 saturated carbocycles. The lowest BCUT2D eigenvalue weighted by Crippen LogP contribution is -2.42. The molecular formula is C24H26N2O6. The highest BCUT2D eigenvalue weighted by Crippen LogP contribution is 2.44. The van der Waals surface area contributed by atoms with Crippen molar-refractivity contribution in [3.8, 4) is 11.1 Å². The molecule has 0 aromatic heterocycles. The summed E-state index contributed by atoms with van der Waals surface area (Å²) >= 11 is 0. The van der Waals surface area contributed by atoms with Crippen LogP contribution in [0.1, 0.15) is 29.9 Å². The normalized spacial score (nSPS) is 17.0. The van der Waals surface area contributed by atoms with Gasteiger partial charge in [0.2, 0.25) is 5.91 Å². The van der Waals surface area contributed by atoms with Crippen molar-refractivity contribution in [1.82, 2.24) is 10.2 Å². The molecule has 0 spiro atoms. The molecule has 0 unspecified atom stereocenters. The van der Waals surface area contributed by atoms with Crippen molar-refractivity contribution >= 4 is 18.0 Å². The zero-order valence-electron chi connectivity index (χ0n) is 17.7. The van der Waals surface area contributed by atoms with Gasteiger partial charge in [0, 0.05) is 19.0 Å². The number of carboxylic acids is 1. The first kappa shape index (κ1) is 21.8. The summed E-state index contributed by atoms with van der Waals surface area (Å²) in [6.07, 6.45) is 0.587. The maximum absolute atomic E-state index is 12.1. The molecule has 4 rings (SSSR count). The summed E-state index contributed by atoms with van der Waals surface area (Å²) in [6.45, 7) is 0.756. The second-order valence-electron chi connectivity index (χ2n) is 7.89. The van der Waals surface area contributed by atoms with E-state index in [0.717, 1.165) is 11.1 Å². The third-order valence-electron chi connectivity index (χ3n) is 5.94. The highest BCUT2D eigenvalue weighted by atomic mass is 16.5. The molecule has 2 aromatic carbocycles. The molecule has 8 nitrogen and oxygen atoms in total. The lowest BCUT2D eigenvalue weighted by atomic mass is 9.98. The second kappa shape index (κ2) is 9.82. The predicted octanol–water partition coefficient (Wildman–Crippen LogP) is 2.62. The van der Waals surface area contributed by atoms with Crippen LogP contribution in [0.4, 0.5) is 4.79 Å². The van der Waals surface area contributed by atoms with Crippen molar-refractivity contribution in [2.75, 3.05) is 32.9 Å². The van der Waals surface area contributed by atoms with Crippen molar-refractivity contribution in [3.05, 3.63) is 59.7 Å². The average molecular weight is 438 g/mol. The number of hydrogen-bond donors (Lipinski definition) is 2. The van der Waals surface area contributed by atoms with Crippen molar-refractivity contribution in [2.45, 2.75) is 24.8 Å². The third kappa shape index (κ3) is 4.60. The van der Waals surface area contributed by atoms with Gasteiger partial charge in [-0.1, -0.05) is 48.5 Å². The predicted molar refractivity (Wildman–Crippen MR) is 116 cm³/mol. The Bertz CT molecular complexity index is 962. The molecule has 168 valence electrons. The van der Waals surface area contributed by atoms with Crippen LogP contribution in [0, 0.1) is 0 Å². The number of rotatable bonds is 8. The number of hydrogen-bond acceptors (Lipinski definition) is 5. The molecule has 1 aliphatic carbocycles. The van der Waals surface area contributed by atoms with E-state index in [1.807, 2.05) is 24.3 Å². The number of alkyl carbamates (subject to hydrolysis) is 1. The lowest BCUT2D eigenvalue weighted by molar-refractivity contribution is -0.150. The SMILES string of the molecule is O=C(NCCOCC(=O)N1CCC[C@@H]1C(=O)O)OCC1c2ccccc2-c2ccccc21. The first-order valence-corrected chi connectivity index (χ1v) is 10.7. The molecule has 1 atom stereocenters. The largest absolute Gasteiger partial charge is 0.480 e. The smallest absolute Gasteiger partial charge is 0.407 e. The van der Waals surface area contributed by atoms with Crippen LogP contribution < -0.4 is 5.32 Å². The maximum Gasteiger partial charge on any atom is 0.407 e. The van der Waals surface area contributed by atoms with Gasteiger partial charge in [0.05, 0.1) is 6.61 Å². The fourth-order valence-corrected chi connectivity index (χ4v) is 4.44. The number of nitrogens with one attached hydrogen (secondary N) is 1. The van der Waals surface area contributed by atoms with E-state index in [0.29, 0.717) is 19.4 Å². The van der Waals surface area contributed by atoms with Crippen molar-refractivity contribution < 1.29 is 29.0 Å². The standard InChI is InChI=1S/C24H26N2O6/c27-22(26-12-5-10-21(26)23(28)29)15-31-13-11-25-24(30)32-14-20-18-8-3-1-6-16(18)17-7-2-4-9-19(17)20/h1-4,6-9,20-21H,5,10-15H2,(H,25,30)(H,28,29)/t21-/m1/s1. The molecule has 2 amide bonds. The lowest BCUT2D eigenvalue weighted by Gasteiger charge is -2.21. The minimum atomic E-state index is -0.993. The molecule has 1 fully saturated rings. The van der Waals surface area contributed by atoms with Crippen molar-refractivity contribution in [3.63, 3.8) is 0 Å². The Balaban J connectivity index is 1.19. The van der Waals surface area contributed by atoms with Crippen molar-refractivity contribution in [1.29, 1.82) is 0 Å². The van der Waals surface area contributed by atoms with E-state index in [1.54, 1.807) is 0 Å². The minimum Gasteiger partial charge on any atom is -0.480 e. The minimum absolute atomic E-state index is 0.00957. The van der Waals surface area contributed by atoms with Crippen LogP contribution in [0.3, 0.4) is 0 Å². The number of benzene rings is 2. The van der Waals surface area contributed by atoms with Gasteiger partial charge in [-0.05, 0) is 35.1 Å². The third-order valence-corrected chi connectivity index (χ3v) is 5.94. The van der Waals surface area contributed by atoms with Gasteiger partial charge in [-0.2, -0.15) is 0 Å². The van der Waals surface area contributed by atoms with Gasteiger partial charge < -0.3 is 24.8 Å². The number of carbonyl (C=O) groups is 3. The molecule has 1 aliphatic heterocycles. The van der Waals surface area contributed by atoms with Gasteiger partial charge in [0.25, 0.3) is 0 Å². The number of carbonyl (C=O) groups excluding carboxylic acids is 2. The van der Waals surface area contributed by atoms with Crippen LogP contribution >= 0.6 is 0 Å². The number of nitrogens with zero attached hydrogens (tertiary/aromatic N) is 1. The average Bonchev–Trinajstić information content (AvgIpc) is 3.41. The van der Waals surface area contributed by atoms with E-state index in [9.17, 15) is 14.4 Å². The summed E-state index contributed by atoms with van der Waals surface area (Å²) in [5.74, 6) is -1.35. The Morgan fingerprint density at radius 2 is 1.69 bits per heavy atom. The fourth-order valence-electron chi connectivity index (χ4n) is 4.44. The van der Waals surface area contributed by atoms with Gasteiger partial charge in [-0.25, -0.2) is 9.59 Å². The highest BCUT2D eigenvalue weighted by molar-refractivity contribution is 5.85. The number of aliphatic carboxylic acids is 1. The Kier molecular flexibility index (Phi) is 6.70. The molecule has 0 radical (unpaired) electrons. The molecule has 0 bridgehead atoms. The summed E-state index contributed by atoms with van der Waals surface area (Å²) in [5, 5.41) is 11.8. The Labute approximate surface area is 186 Å². The van der Waals surface area contributed by atoms with E-state index >= 15 is 0 Å². The van der Waals surface area contributed by atoms with Gasteiger partial charge in [-0.3, -0.25) is 4.79 Å². The summed E-state index contributed by atoms with van der Waals surface area (Å²) in [7, 11) is 0. The monoisotopic (exact) mass is 438 g/mol. The number of carboxylic acid groups (broad SMARTS) is 1. The number of amides is 2. The fraction of sp³-hybridized carbons (Fsp3) is 0.375. The van der Waals surface area contributed by atoms with Crippen LogP contribution in [0.15, 0.2) is 48.5 Å². The van der Waals surface area contributed by atoms with Crippen LogP contribution in [-0.4, -0.2) is 66.9 Å². The second-order valence-corrected chi connectivity index (χ2v) is 7.89. The van der Waals surface area contributed by atoms with Crippen LogP contribution in [0.25, 0.3) is 11.1 Å². The summed E-state index contributed by atoms with van der Waals surface area (Å²) in [5.41, 5.74) is 4.62. The number of fused-ring (bicyclic) bond motifs is 3. The van der Waals surface area contributed by atoms with Crippen LogP contribution in [0.2, 0.25) is 0 Å². The first-order valence-electron chi connectivity index (χ1n) is 10.7. The van der Waals surface area contributed by atoms with Gasteiger partial charge in [0.15, 0.2) is 0 Å². The zero-order chi connectivity index (χ0) is 22.5. The molecule has 2 N–H and O–H groups in total. The molecule has 1 saturated heterocycles. The Hall–Kier alpha value is -3.39. The molecule has 8 heteroatoms. The number of likely N-dealkylation sites (tertiary alicyclic amines) is 1. The van der Waals surface area contributed by atoms with E-state index in [1.165, 1.54) is 16.0 Å².